The lowest BCUT2D eigenvalue weighted by Crippen LogP contribution is -2.35. The van der Waals surface area contributed by atoms with Gasteiger partial charge in [0.15, 0.2) is 0 Å². The number of rotatable bonds is 4. The van der Waals surface area contributed by atoms with Crippen molar-refractivity contribution in [2.24, 2.45) is 0 Å². The fourth-order valence-corrected chi connectivity index (χ4v) is 3.26. The molecule has 0 aliphatic heterocycles. The van der Waals surface area contributed by atoms with Crippen LogP contribution in [0.1, 0.15) is 38.2 Å². The smallest absolute Gasteiger partial charge is 0.240 e. The molecule has 1 aliphatic carbocycles. The highest BCUT2D eigenvalue weighted by Crippen LogP contribution is 2.21. The molecule has 1 fully saturated rings. The number of aryl methyl sites for hydroxylation is 1. The Balaban J connectivity index is 1.78. The van der Waals surface area contributed by atoms with E-state index in [0.29, 0.717) is 12.6 Å². The van der Waals surface area contributed by atoms with Crippen LogP contribution in [0, 0.1) is 0 Å². The number of aromatic nitrogens is 1. The summed E-state index contributed by atoms with van der Waals surface area (Å²) >= 11 is 0. The van der Waals surface area contributed by atoms with Crippen LogP contribution in [0.5, 0.6) is 0 Å². The van der Waals surface area contributed by atoms with Crippen LogP contribution in [0.2, 0.25) is 0 Å². The Morgan fingerprint density at radius 1 is 1.30 bits per heavy atom. The number of para-hydroxylation sites is 1. The van der Waals surface area contributed by atoms with E-state index in [1.165, 1.54) is 29.3 Å². The third-order valence-electron chi connectivity index (χ3n) is 4.29. The summed E-state index contributed by atoms with van der Waals surface area (Å²) in [7, 11) is 0. The summed E-state index contributed by atoms with van der Waals surface area (Å²) in [5.74, 6) is 0.139. The van der Waals surface area contributed by atoms with E-state index in [1.54, 1.807) is 0 Å². The van der Waals surface area contributed by atoms with Crippen LogP contribution in [-0.4, -0.2) is 16.5 Å². The van der Waals surface area contributed by atoms with Crippen LogP contribution in [0.15, 0.2) is 30.5 Å². The maximum atomic E-state index is 12.2. The van der Waals surface area contributed by atoms with Gasteiger partial charge in [0, 0.05) is 12.2 Å². The summed E-state index contributed by atoms with van der Waals surface area (Å²) in [5, 5.41) is 4.38. The Morgan fingerprint density at radius 2 is 2.10 bits per heavy atom. The molecule has 1 heterocycles. The van der Waals surface area contributed by atoms with Crippen molar-refractivity contribution in [2.75, 3.05) is 0 Å². The minimum Gasteiger partial charge on any atom is -0.352 e. The molecule has 1 N–H and O–H groups in total. The summed E-state index contributed by atoms with van der Waals surface area (Å²) < 4.78 is 2.08. The first-order chi connectivity index (χ1) is 9.78. The molecule has 1 saturated carbocycles. The number of carbonyl (C=O) groups is 1. The van der Waals surface area contributed by atoms with Crippen LogP contribution >= 0.6 is 0 Å². The maximum Gasteiger partial charge on any atom is 0.240 e. The number of carbonyl (C=O) groups excluding carboxylic acids is 1. The number of amides is 1. The number of nitrogens with zero attached hydrogens (tertiary/aromatic N) is 1. The van der Waals surface area contributed by atoms with E-state index in [2.05, 4.69) is 41.1 Å². The number of nitrogens with one attached hydrogen (secondary N) is 1. The number of benzene rings is 1. The minimum atomic E-state index is 0.139. The number of hydrogen-bond donors (Lipinski definition) is 1. The lowest BCUT2D eigenvalue weighted by molar-refractivity contribution is -0.122. The van der Waals surface area contributed by atoms with E-state index >= 15 is 0 Å². The van der Waals surface area contributed by atoms with Crippen molar-refractivity contribution in [1.82, 2.24) is 9.88 Å². The third kappa shape index (κ3) is 2.58. The summed E-state index contributed by atoms with van der Waals surface area (Å²) in [6.07, 6.45) is 7.79. The molecular weight excluding hydrogens is 248 g/mol. The first-order valence-corrected chi connectivity index (χ1v) is 7.64. The summed E-state index contributed by atoms with van der Waals surface area (Å²) in [4.78, 5) is 12.2. The van der Waals surface area contributed by atoms with E-state index < -0.39 is 0 Å². The lowest BCUT2D eigenvalue weighted by atomic mass is 10.1. The number of fused-ring (bicyclic) bond motifs is 1. The van der Waals surface area contributed by atoms with Crippen molar-refractivity contribution in [2.45, 2.75) is 51.6 Å². The molecule has 1 aromatic heterocycles. The van der Waals surface area contributed by atoms with Crippen LogP contribution in [-0.2, 0) is 17.8 Å². The molecule has 0 radical (unpaired) electrons. The van der Waals surface area contributed by atoms with Gasteiger partial charge in [-0.05, 0) is 36.3 Å². The summed E-state index contributed by atoms with van der Waals surface area (Å²) in [6.45, 7) is 2.59. The molecule has 1 aliphatic rings. The highest BCUT2D eigenvalue weighted by molar-refractivity contribution is 5.85. The standard InChI is InChI=1S/C17H22N2O/c1-2-13-6-5-7-14-10-11-19(17(13)14)12-16(20)18-15-8-3-4-9-15/h5-7,10-11,15H,2-4,8-9,12H2,1H3,(H,18,20). The Kier molecular flexibility index (Phi) is 3.77. The molecule has 20 heavy (non-hydrogen) atoms. The van der Waals surface area contributed by atoms with Gasteiger partial charge in [-0.1, -0.05) is 38.0 Å². The largest absolute Gasteiger partial charge is 0.352 e. The van der Waals surface area contributed by atoms with Crippen LogP contribution in [0.4, 0.5) is 0 Å². The molecule has 0 spiro atoms. The van der Waals surface area contributed by atoms with Gasteiger partial charge in [-0.15, -0.1) is 0 Å². The van der Waals surface area contributed by atoms with Crippen LogP contribution in [0.3, 0.4) is 0 Å². The van der Waals surface area contributed by atoms with Gasteiger partial charge in [-0.25, -0.2) is 0 Å². The number of hydrogen-bond acceptors (Lipinski definition) is 1. The van der Waals surface area contributed by atoms with Crippen molar-refractivity contribution in [3.8, 4) is 0 Å². The first kappa shape index (κ1) is 13.2. The van der Waals surface area contributed by atoms with Crippen LogP contribution < -0.4 is 5.32 Å². The van der Waals surface area contributed by atoms with Gasteiger partial charge in [0.1, 0.15) is 6.54 Å². The average molecular weight is 270 g/mol. The van der Waals surface area contributed by atoms with Gasteiger partial charge in [0.25, 0.3) is 0 Å². The Morgan fingerprint density at radius 3 is 2.85 bits per heavy atom. The lowest BCUT2D eigenvalue weighted by Gasteiger charge is -2.13. The predicted molar refractivity (Wildman–Crippen MR) is 81.7 cm³/mol. The molecule has 1 aromatic carbocycles. The van der Waals surface area contributed by atoms with E-state index in [-0.39, 0.29) is 5.91 Å². The maximum absolute atomic E-state index is 12.2. The summed E-state index contributed by atoms with van der Waals surface area (Å²) in [6, 6.07) is 8.84. The fourth-order valence-electron chi connectivity index (χ4n) is 3.26. The molecule has 0 bridgehead atoms. The van der Waals surface area contributed by atoms with Gasteiger partial charge in [-0.3, -0.25) is 4.79 Å². The zero-order valence-electron chi connectivity index (χ0n) is 12.1. The van der Waals surface area contributed by atoms with Gasteiger partial charge >= 0.3 is 0 Å². The molecule has 2 aromatic rings. The quantitative estimate of drug-likeness (QED) is 0.909. The van der Waals surface area contributed by atoms with E-state index in [4.69, 9.17) is 0 Å². The third-order valence-corrected chi connectivity index (χ3v) is 4.29. The fraction of sp³-hybridized carbons (Fsp3) is 0.471. The zero-order chi connectivity index (χ0) is 13.9. The monoisotopic (exact) mass is 270 g/mol. The van der Waals surface area contributed by atoms with Gasteiger partial charge in [-0.2, -0.15) is 0 Å². The molecule has 1 amide bonds. The predicted octanol–water partition coefficient (Wildman–Crippen LogP) is 3.26. The average Bonchev–Trinajstić information content (AvgIpc) is 3.09. The molecular formula is C17H22N2O. The molecule has 3 heteroatoms. The molecule has 0 unspecified atom stereocenters. The second kappa shape index (κ2) is 5.70. The van der Waals surface area contributed by atoms with Crippen molar-refractivity contribution >= 4 is 16.8 Å². The van der Waals surface area contributed by atoms with E-state index in [1.807, 2.05) is 6.20 Å². The SMILES string of the molecule is CCc1cccc2ccn(CC(=O)NC3CCCC3)c12. The molecule has 0 saturated heterocycles. The molecule has 0 atom stereocenters. The van der Waals surface area contributed by atoms with Crippen molar-refractivity contribution in [3.05, 3.63) is 36.0 Å². The topological polar surface area (TPSA) is 34.0 Å². The minimum absolute atomic E-state index is 0.139. The van der Waals surface area contributed by atoms with Gasteiger partial charge < -0.3 is 9.88 Å². The zero-order valence-corrected chi connectivity index (χ0v) is 12.1. The normalized spacial score (nSPS) is 15.8. The Bertz CT molecular complexity index is 608. The Labute approximate surface area is 120 Å². The molecule has 3 rings (SSSR count). The van der Waals surface area contributed by atoms with Crippen molar-refractivity contribution in [1.29, 1.82) is 0 Å². The second-order valence-electron chi connectivity index (χ2n) is 5.70. The van der Waals surface area contributed by atoms with Crippen molar-refractivity contribution < 1.29 is 4.79 Å². The van der Waals surface area contributed by atoms with Gasteiger partial charge in [0.05, 0.1) is 5.52 Å². The highest BCUT2D eigenvalue weighted by atomic mass is 16.2. The molecule has 106 valence electrons. The van der Waals surface area contributed by atoms with Gasteiger partial charge in [0.2, 0.25) is 5.91 Å². The Hall–Kier alpha value is -1.77. The molecule has 3 nitrogen and oxygen atoms in total. The van der Waals surface area contributed by atoms with E-state index in [0.717, 1.165) is 19.3 Å². The van der Waals surface area contributed by atoms with Crippen molar-refractivity contribution in [3.63, 3.8) is 0 Å². The highest BCUT2D eigenvalue weighted by Gasteiger charge is 2.17. The van der Waals surface area contributed by atoms with Crippen LogP contribution in [0.25, 0.3) is 10.9 Å². The summed E-state index contributed by atoms with van der Waals surface area (Å²) in [5.41, 5.74) is 2.51. The van der Waals surface area contributed by atoms with E-state index in [9.17, 15) is 4.79 Å². The first-order valence-electron chi connectivity index (χ1n) is 7.64. The second-order valence-corrected chi connectivity index (χ2v) is 5.70.